The van der Waals surface area contributed by atoms with Gasteiger partial charge in [0.2, 0.25) is 5.91 Å². The number of amides is 1. The first kappa shape index (κ1) is 17.9. The second-order valence-corrected chi connectivity index (χ2v) is 7.35. The first-order valence-corrected chi connectivity index (χ1v) is 9.79. The van der Waals surface area contributed by atoms with E-state index in [9.17, 15) is 4.79 Å². The van der Waals surface area contributed by atoms with Gasteiger partial charge >= 0.3 is 0 Å². The summed E-state index contributed by atoms with van der Waals surface area (Å²) in [6.45, 7) is 7.09. The summed E-state index contributed by atoms with van der Waals surface area (Å²) in [7, 11) is 0. The van der Waals surface area contributed by atoms with Crippen LogP contribution in [0, 0.1) is 6.92 Å². The number of carbonyl (C=O) groups is 1. The SMILES string of the molecule is CCCc1ccc(CNC(=O)[C@H]2CN(c3nc(C)cs3)CCN2)cc1. The molecule has 0 bridgehead atoms. The summed E-state index contributed by atoms with van der Waals surface area (Å²) in [4.78, 5) is 19.2. The van der Waals surface area contributed by atoms with Crippen molar-refractivity contribution in [3.63, 3.8) is 0 Å². The topological polar surface area (TPSA) is 57.3 Å². The van der Waals surface area contributed by atoms with Crippen LogP contribution in [-0.4, -0.2) is 36.6 Å². The van der Waals surface area contributed by atoms with E-state index in [0.29, 0.717) is 13.1 Å². The molecule has 2 aromatic rings. The van der Waals surface area contributed by atoms with Crippen LogP contribution in [0.5, 0.6) is 0 Å². The Balaban J connectivity index is 1.52. The lowest BCUT2D eigenvalue weighted by Crippen LogP contribution is -2.57. The Morgan fingerprint density at radius 2 is 2.12 bits per heavy atom. The zero-order chi connectivity index (χ0) is 17.6. The molecule has 1 aromatic carbocycles. The molecule has 5 nitrogen and oxygen atoms in total. The minimum Gasteiger partial charge on any atom is -0.351 e. The Morgan fingerprint density at radius 1 is 1.36 bits per heavy atom. The van der Waals surface area contributed by atoms with E-state index in [4.69, 9.17) is 0 Å². The highest BCUT2D eigenvalue weighted by molar-refractivity contribution is 7.13. The Morgan fingerprint density at radius 3 is 2.80 bits per heavy atom. The van der Waals surface area contributed by atoms with Gasteiger partial charge in [0, 0.05) is 31.6 Å². The highest BCUT2D eigenvalue weighted by Crippen LogP contribution is 2.21. The molecule has 2 heterocycles. The summed E-state index contributed by atoms with van der Waals surface area (Å²) in [5.41, 5.74) is 3.52. The van der Waals surface area contributed by atoms with Crippen molar-refractivity contribution in [3.8, 4) is 0 Å². The van der Waals surface area contributed by atoms with Crippen LogP contribution in [0.3, 0.4) is 0 Å². The predicted octanol–water partition coefficient (Wildman–Crippen LogP) is 2.50. The van der Waals surface area contributed by atoms with E-state index in [2.05, 4.69) is 57.1 Å². The first-order chi connectivity index (χ1) is 12.2. The fourth-order valence-electron chi connectivity index (χ4n) is 3.01. The maximum Gasteiger partial charge on any atom is 0.239 e. The van der Waals surface area contributed by atoms with E-state index < -0.39 is 0 Å². The maximum absolute atomic E-state index is 12.5. The third-order valence-corrected chi connectivity index (χ3v) is 5.42. The van der Waals surface area contributed by atoms with Gasteiger partial charge in [0.05, 0.1) is 5.69 Å². The molecule has 1 saturated heterocycles. The summed E-state index contributed by atoms with van der Waals surface area (Å²) in [6.07, 6.45) is 2.25. The molecule has 1 atom stereocenters. The van der Waals surface area contributed by atoms with Crippen molar-refractivity contribution in [2.45, 2.75) is 39.3 Å². The minimum atomic E-state index is -0.197. The monoisotopic (exact) mass is 358 g/mol. The van der Waals surface area contributed by atoms with Gasteiger partial charge in [0.1, 0.15) is 6.04 Å². The van der Waals surface area contributed by atoms with Crippen LogP contribution in [-0.2, 0) is 17.8 Å². The molecule has 2 N–H and O–H groups in total. The summed E-state index contributed by atoms with van der Waals surface area (Å²) < 4.78 is 0. The number of nitrogens with one attached hydrogen (secondary N) is 2. The molecule has 1 amide bonds. The number of rotatable bonds is 6. The standard InChI is InChI=1S/C19H26N4OS/c1-3-4-15-5-7-16(8-6-15)11-21-18(24)17-12-23(10-9-20-17)19-22-14(2)13-25-19/h5-8,13,17,20H,3-4,9-12H2,1-2H3,(H,21,24)/t17-/m1/s1. The Labute approximate surface area is 153 Å². The average Bonchev–Trinajstić information content (AvgIpc) is 3.08. The number of hydrogen-bond donors (Lipinski definition) is 2. The van der Waals surface area contributed by atoms with Crippen LogP contribution < -0.4 is 15.5 Å². The van der Waals surface area contributed by atoms with Crippen molar-refractivity contribution in [1.82, 2.24) is 15.6 Å². The lowest BCUT2D eigenvalue weighted by Gasteiger charge is -2.32. The van der Waals surface area contributed by atoms with E-state index in [1.165, 1.54) is 5.56 Å². The number of thiazole rings is 1. The fourth-order valence-corrected chi connectivity index (χ4v) is 3.85. The molecule has 6 heteroatoms. The zero-order valence-corrected chi connectivity index (χ0v) is 15.7. The largest absolute Gasteiger partial charge is 0.351 e. The molecule has 1 aromatic heterocycles. The number of hydrogen-bond acceptors (Lipinski definition) is 5. The first-order valence-electron chi connectivity index (χ1n) is 8.91. The number of piperazine rings is 1. The van der Waals surface area contributed by atoms with Gasteiger partial charge in [-0.15, -0.1) is 11.3 Å². The van der Waals surface area contributed by atoms with E-state index in [-0.39, 0.29) is 11.9 Å². The van der Waals surface area contributed by atoms with Gasteiger partial charge in [-0.05, 0) is 24.5 Å². The Bertz CT molecular complexity index is 698. The van der Waals surface area contributed by atoms with Crippen LogP contribution >= 0.6 is 11.3 Å². The fraction of sp³-hybridized carbons (Fsp3) is 0.474. The molecule has 3 rings (SSSR count). The van der Waals surface area contributed by atoms with Crippen LogP contribution in [0.15, 0.2) is 29.6 Å². The maximum atomic E-state index is 12.5. The van der Waals surface area contributed by atoms with Crippen molar-refractivity contribution in [3.05, 3.63) is 46.5 Å². The molecule has 0 aliphatic carbocycles. The predicted molar refractivity (Wildman–Crippen MR) is 103 cm³/mol. The highest BCUT2D eigenvalue weighted by atomic mass is 32.1. The van der Waals surface area contributed by atoms with Crippen molar-refractivity contribution in [2.75, 3.05) is 24.5 Å². The highest BCUT2D eigenvalue weighted by Gasteiger charge is 2.26. The van der Waals surface area contributed by atoms with Crippen LogP contribution in [0.4, 0.5) is 5.13 Å². The van der Waals surface area contributed by atoms with Crippen molar-refractivity contribution >= 4 is 22.4 Å². The second kappa shape index (κ2) is 8.45. The van der Waals surface area contributed by atoms with Crippen LogP contribution in [0.1, 0.15) is 30.2 Å². The van der Waals surface area contributed by atoms with Gasteiger partial charge in [-0.25, -0.2) is 4.98 Å². The molecule has 134 valence electrons. The van der Waals surface area contributed by atoms with Crippen LogP contribution in [0.25, 0.3) is 0 Å². The Hall–Kier alpha value is -1.92. The number of anilines is 1. The van der Waals surface area contributed by atoms with Crippen molar-refractivity contribution in [2.24, 2.45) is 0 Å². The van der Waals surface area contributed by atoms with Gasteiger partial charge in [0.25, 0.3) is 0 Å². The van der Waals surface area contributed by atoms with Gasteiger partial charge < -0.3 is 15.5 Å². The minimum absolute atomic E-state index is 0.0515. The molecular formula is C19H26N4OS. The second-order valence-electron chi connectivity index (χ2n) is 6.51. The smallest absolute Gasteiger partial charge is 0.239 e. The van der Waals surface area contributed by atoms with Crippen molar-refractivity contribution in [1.29, 1.82) is 0 Å². The molecule has 1 fully saturated rings. The summed E-state index contributed by atoms with van der Waals surface area (Å²) in [6, 6.07) is 8.30. The van der Waals surface area contributed by atoms with E-state index in [1.807, 2.05) is 6.92 Å². The lowest BCUT2D eigenvalue weighted by molar-refractivity contribution is -0.123. The van der Waals surface area contributed by atoms with E-state index in [1.54, 1.807) is 11.3 Å². The van der Waals surface area contributed by atoms with Gasteiger partial charge in [-0.2, -0.15) is 0 Å². The number of benzene rings is 1. The zero-order valence-electron chi connectivity index (χ0n) is 14.9. The molecule has 25 heavy (non-hydrogen) atoms. The normalized spacial score (nSPS) is 17.5. The van der Waals surface area contributed by atoms with Crippen molar-refractivity contribution < 1.29 is 4.79 Å². The number of aromatic nitrogens is 1. The Kier molecular flexibility index (Phi) is 6.04. The number of carbonyl (C=O) groups excluding carboxylic acids is 1. The van der Waals surface area contributed by atoms with Crippen LogP contribution in [0.2, 0.25) is 0 Å². The summed E-state index contributed by atoms with van der Waals surface area (Å²) in [5, 5.41) is 9.42. The van der Waals surface area contributed by atoms with E-state index >= 15 is 0 Å². The molecule has 0 spiro atoms. The third kappa shape index (κ3) is 4.80. The van der Waals surface area contributed by atoms with Gasteiger partial charge in [-0.3, -0.25) is 4.79 Å². The molecular weight excluding hydrogens is 332 g/mol. The summed E-state index contributed by atoms with van der Waals surface area (Å²) in [5.74, 6) is 0.0515. The number of aryl methyl sites for hydroxylation is 2. The molecule has 0 unspecified atom stereocenters. The molecule has 1 aliphatic rings. The molecule has 0 saturated carbocycles. The quantitative estimate of drug-likeness (QED) is 0.833. The third-order valence-electron chi connectivity index (χ3n) is 4.40. The average molecular weight is 359 g/mol. The lowest BCUT2D eigenvalue weighted by atomic mass is 10.1. The van der Waals surface area contributed by atoms with Gasteiger partial charge in [0.15, 0.2) is 5.13 Å². The van der Waals surface area contributed by atoms with Gasteiger partial charge in [-0.1, -0.05) is 37.6 Å². The molecule has 1 aliphatic heterocycles. The molecule has 0 radical (unpaired) electrons. The van der Waals surface area contributed by atoms with E-state index in [0.717, 1.165) is 42.3 Å². The summed E-state index contributed by atoms with van der Waals surface area (Å²) >= 11 is 1.64. The number of nitrogens with zero attached hydrogens (tertiary/aromatic N) is 2.